The molecular formula is C22H26N2O5S. The maximum Gasteiger partial charge on any atom is 0.303 e. The van der Waals surface area contributed by atoms with Gasteiger partial charge in [0.05, 0.1) is 18.8 Å². The van der Waals surface area contributed by atoms with Crippen LogP contribution < -0.4 is 15.4 Å². The van der Waals surface area contributed by atoms with Gasteiger partial charge in [-0.2, -0.15) is 0 Å². The molecule has 0 saturated heterocycles. The average molecular weight is 431 g/mol. The number of unbranched alkanes of at least 4 members (excludes halogenated alkanes) is 1. The number of anilines is 2. The Kier molecular flexibility index (Phi) is 9.73. The molecular weight excluding hydrogens is 404 g/mol. The lowest BCUT2D eigenvalue weighted by molar-refractivity contribution is -0.138. The largest absolute Gasteiger partial charge is 0.494 e. The van der Waals surface area contributed by atoms with E-state index >= 15 is 0 Å². The normalized spacial score (nSPS) is 10.3. The third-order valence-corrected chi connectivity index (χ3v) is 4.95. The lowest BCUT2D eigenvalue weighted by atomic mass is 10.2. The maximum atomic E-state index is 12.2. The second-order valence-corrected chi connectivity index (χ2v) is 7.58. The van der Waals surface area contributed by atoms with Gasteiger partial charge in [0.1, 0.15) is 5.75 Å². The molecule has 8 heteroatoms. The number of benzene rings is 2. The van der Waals surface area contributed by atoms with Crippen molar-refractivity contribution in [3.8, 4) is 5.75 Å². The van der Waals surface area contributed by atoms with E-state index in [1.165, 1.54) is 11.8 Å². The van der Waals surface area contributed by atoms with Crippen LogP contribution in [0.1, 0.15) is 32.6 Å². The van der Waals surface area contributed by atoms with Gasteiger partial charge in [-0.25, -0.2) is 0 Å². The molecule has 0 aromatic heterocycles. The van der Waals surface area contributed by atoms with E-state index in [2.05, 4.69) is 17.6 Å². The fraction of sp³-hybridized carbons (Fsp3) is 0.318. The first-order chi connectivity index (χ1) is 14.5. The van der Waals surface area contributed by atoms with Gasteiger partial charge in [-0.1, -0.05) is 19.4 Å². The molecule has 0 spiro atoms. The lowest BCUT2D eigenvalue weighted by Gasteiger charge is -2.09. The number of hydrogen-bond donors (Lipinski definition) is 3. The quantitative estimate of drug-likeness (QED) is 0.341. The minimum absolute atomic E-state index is 0.0858. The highest BCUT2D eigenvalue weighted by Crippen LogP contribution is 2.22. The van der Waals surface area contributed by atoms with Crippen LogP contribution in [0.4, 0.5) is 11.4 Å². The van der Waals surface area contributed by atoms with Gasteiger partial charge in [-0.3, -0.25) is 14.4 Å². The second kappa shape index (κ2) is 12.5. The van der Waals surface area contributed by atoms with E-state index in [0.29, 0.717) is 18.0 Å². The molecule has 0 aliphatic heterocycles. The summed E-state index contributed by atoms with van der Waals surface area (Å²) in [4.78, 5) is 35.3. The molecule has 0 heterocycles. The topological polar surface area (TPSA) is 105 Å². The van der Waals surface area contributed by atoms with Gasteiger partial charge in [0.15, 0.2) is 0 Å². The zero-order valence-corrected chi connectivity index (χ0v) is 17.7. The standard InChI is InChI=1S/C22H26N2O5S/c1-2-3-13-29-18-9-7-16(8-10-18)23-21(26)15-30-19-6-4-5-17(14-19)24-20(25)11-12-22(27)28/h4-10,14H,2-3,11-13,15H2,1H3,(H,23,26)(H,24,25)(H,27,28). The van der Waals surface area contributed by atoms with E-state index in [-0.39, 0.29) is 30.4 Å². The molecule has 2 aromatic rings. The number of carbonyl (C=O) groups excluding carboxylic acids is 2. The Bertz CT molecular complexity index is 855. The predicted octanol–water partition coefficient (Wildman–Crippen LogP) is 4.40. The number of rotatable bonds is 12. The first-order valence-corrected chi connectivity index (χ1v) is 10.7. The SMILES string of the molecule is CCCCOc1ccc(NC(=O)CSc2cccc(NC(=O)CCC(=O)O)c2)cc1. The molecule has 0 aliphatic carbocycles. The van der Waals surface area contributed by atoms with E-state index in [0.717, 1.165) is 23.5 Å². The highest BCUT2D eigenvalue weighted by molar-refractivity contribution is 8.00. The van der Waals surface area contributed by atoms with Crippen LogP contribution in [0.5, 0.6) is 5.75 Å². The predicted molar refractivity (Wildman–Crippen MR) is 118 cm³/mol. The summed E-state index contributed by atoms with van der Waals surface area (Å²) in [6, 6.07) is 14.3. The summed E-state index contributed by atoms with van der Waals surface area (Å²) >= 11 is 1.34. The van der Waals surface area contributed by atoms with Crippen LogP contribution in [0.25, 0.3) is 0 Å². The Labute approximate surface area is 180 Å². The van der Waals surface area contributed by atoms with Crippen molar-refractivity contribution >= 4 is 40.9 Å². The summed E-state index contributed by atoms with van der Waals surface area (Å²) in [7, 11) is 0. The number of aliphatic carboxylic acids is 1. The number of hydrogen-bond acceptors (Lipinski definition) is 5. The van der Waals surface area contributed by atoms with Crippen molar-refractivity contribution in [1.82, 2.24) is 0 Å². The van der Waals surface area contributed by atoms with Crippen molar-refractivity contribution in [3.63, 3.8) is 0 Å². The summed E-state index contributed by atoms with van der Waals surface area (Å²) in [5, 5.41) is 14.1. The average Bonchev–Trinajstić information content (AvgIpc) is 2.72. The number of carbonyl (C=O) groups is 3. The highest BCUT2D eigenvalue weighted by atomic mass is 32.2. The van der Waals surface area contributed by atoms with E-state index in [1.54, 1.807) is 30.3 Å². The Hall–Kier alpha value is -3.00. The fourth-order valence-electron chi connectivity index (χ4n) is 2.42. The van der Waals surface area contributed by atoms with Crippen LogP contribution in [0.15, 0.2) is 53.4 Å². The number of thioether (sulfide) groups is 1. The molecule has 0 saturated carbocycles. The fourth-order valence-corrected chi connectivity index (χ4v) is 3.18. The van der Waals surface area contributed by atoms with Crippen LogP contribution in [0.3, 0.4) is 0 Å². The molecule has 3 N–H and O–H groups in total. The molecule has 0 bridgehead atoms. The smallest absolute Gasteiger partial charge is 0.303 e. The third-order valence-electron chi connectivity index (χ3n) is 3.96. The Morgan fingerprint density at radius 2 is 1.70 bits per heavy atom. The van der Waals surface area contributed by atoms with E-state index in [4.69, 9.17) is 9.84 Å². The number of ether oxygens (including phenoxy) is 1. The van der Waals surface area contributed by atoms with Gasteiger partial charge in [-0.15, -0.1) is 11.8 Å². The summed E-state index contributed by atoms with van der Waals surface area (Å²) < 4.78 is 5.60. The van der Waals surface area contributed by atoms with Gasteiger partial charge in [0, 0.05) is 22.7 Å². The van der Waals surface area contributed by atoms with E-state index in [9.17, 15) is 14.4 Å². The Balaban J connectivity index is 1.79. The molecule has 0 radical (unpaired) electrons. The Morgan fingerprint density at radius 3 is 2.40 bits per heavy atom. The van der Waals surface area contributed by atoms with Crippen molar-refractivity contribution in [2.24, 2.45) is 0 Å². The van der Waals surface area contributed by atoms with E-state index in [1.807, 2.05) is 18.2 Å². The monoisotopic (exact) mass is 430 g/mol. The molecule has 2 amide bonds. The van der Waals surface area contributed by atoms with Crippen molar-refractivity contribution in [2.75, 3.05) is 23.0 Å². The highest BCUT2D eigenvalue weighted by Gasteiger charge is 2.08. The molecule has 0 fully saturated rings. The zero-order chi connectivity index (χ0) is 21.8. The number of nitrogens with one attached hydrogen (secondary N) is 2. The summed E-state index contributed by atoms with van der Waals surface area (Å²) in [5.74, 6) is -0.530. The summed E-state index contributed by atoms with van der Waals surface area (Å²) in [6.45, 7) is 2.78. The molecule has 0 atom stereocenters. The maximum absolute atomic E-state index is 12.2. The molecule has 30 heavy (non-hydrogen) atoms. The number of carboxylic acid groups (broad SMARTS) is 1. The number of amides is 2. The van der Waals surface area contributed by atoms with Crippen molar-refractivity contribution in [3.05, 3.63) is 48.5 Å². The van der Waals surface area contributed by atoms with E-state index < -0.39 is 5.97 Å². The zero-order valence-electron chi connectivity index (χ0n) is 16.8. The van der Waals surface area contributed by atoms with Gasteiger partial charge < -0.3 is 20.5 Å². The molecule has 2 rings (SSSR count). The molecule has 160 valence electrons. The minimum atomic E-state index is -1.01. The van der Waals surface area contributed by atoms with Gasteiger partial charge in [-0.05, 0) is 48.9 Å². The molecule has 2 aromatic carbocycles. The second-order valence-electron chi connectivity index (χ2n) is 6.53. The van der Waals surface area contributed by atoms with Crippen LogP contribution in [-0.2, 0) is 14.4 Å². The molecule has 0 unspecified atom stereocenters. The first-order valence-electron chi connectivity index (χ1n) is 9.73. The molecule has 0 aliphatic rings. The van der Waals surface area contributed by atoms with Crippen LogP contribution in [-0.4, -0.2) is 35.2 Å². The van der Waals surface area contributed by atoms with Crippen LogP contribution >= 0.6 is 11.8 Å². The van der Waals surface area contributed by atoms with Gasteiger partial charge in [0.2, 0.25) is 11.8 Å². The first kappa shape index (κ1) is 23.3. The van der Waals surface area contributed by atoms with Crippen LogP contribution in [0.2, 0.25) is 0 Å². The number of carboxylic acids is 1. The summed E-state index contributed by atoms with van der Waals surface area (Å²) in [6.07, 6.45) is 1.78. The Morgan fingerprint density at radius 1 is 0.967 bits per heavy atom. The minimum Gasteiger partial charge on any atom is -0.494 e. The van der Waals surface area contributed by atoms with Crippen molar-refractivity contribution in [1.29, 1.82) is 0 Å². The van der Waals surface area contributed by atoms with Gasteiger partial charge in [0.25, 0.3) is 0 Å². The summed E-state index contributed by atoms with van der Waals surface area (Å²) in [5.41, 5.74) is 1.26. The third kappa shape index (κ3) is 9.00. The lowest BCUT2D eigenvalue weighted by Crippen LogP contribution is -2.14. The van der Waals surface area contributed by atoms with Crippen LogP contribution in [0, 0.1) is 0 Å². The van der Waals surface area contributed by atoms with Crippen molar-refractivity contribution < 1.29 is 24.2 Å². The molecule has 7 nitrogen and oxygen atoms in total. The van der Waals surface area contributed by atoms with Crippen molar-refractivity contribution in [2.45, 2.75) is 37.5 Å². The van der Waals surface area contributed by atoms with Gasteiger partial charge >= 0.3 is 5.97 Å².